The molecule has 2 rings (SSSR count). The van der Waals surface area contributed by atoms with Crippen molar-refractivity contribution in [3.63, 3.8) is 0 Å². The minimum absolute atomic E-state index is 0.170. The lowest BCUT2D eigenvalue weighted by Crippen LogP contribution is -2.22. The van der Waals surface area contributed by atoms with Gasteiger partial charge in [0.05, 0.1) is 22.0 Å². The minimum Gasteiger partial charge on any atom is -0.347 e. The van der Waals surface area contributed by atoms with Crippen molar-refractivity contribution in [2.75, 3.05) is 0 Å². The monoisotopic (exact) mass is 320 g/mol. The second-order valence-electron chi connectivity index (χ2n) is 3.58. The average molecular weight is 321 g/mol. The van der Waals surface area contributed by atoms with Gasteiger partial charge < -0.3 is 5.32 Å². The van der Waals surface area contributed by atoms with Crippen molar-refractivity contribution in [3.05, 3.63) is 56.2 Å². The molecule has 1 aromatic heterocycles. The van der Waals surface area contributed by atoms with E-state index in [0.29, 0.717) is 17.7 Å². The lowest BCUT2D eigenvalue weighted by atomic mass is 10.1. The molecule has 3 nitrogen and oxygen atoms in total. The number of benzene rings is 1. The number of amides is 1. The van der Waals surface area contributed by atoms with Crippen molar-refractivity contribution in [1.29, 1.82) is 5.26 Å². The molecule has 2 aromatic rings. The molecule has 0 atom stereocenters. The predicted molar refractivity (Wildman–Crippen MR) is 74.3 cm³/mol. The molecule has 0 aliphatic rings. The van der Waals surface area contributed by atoms with Crippen molar-refractivity contribution in [2.24, 2.45) is 0 Å². The van der Waals surface area contributed by atoms with E-state index in [1.54, 1.807) is 35.6 Å². The Balaban J connectivity index is 2.01. The summed E-state index contributed by atoms with van der Waals surface area (Å²) < 4.78 is 1.04. The normalized spacial score (nSPS) is 9.78. The van der Waals surface area contributed by atoms with Gasteiger partial charge in [0.2, 0.25) is 0 Å². The van der Waals surface area contributed by atoms with Gasteiger partial charge in [-0.25, -0.2) is 0 Å². The van der Waals surface area contributed by atoms with Gasteiger partial charge in [-0.3, -0.25) is 4.79 Å². The summed E-state index contributed by atoms with van der Waals surface area (Å²) in [4.78, 5) is 12.9. The van der Waals surface area contributed by atoms with Crippen LogP contribution in [0.5, 0.6) is 0 Å². The Kier molecular flexibility index (Phi) is 4.13. The van der Waals surface area contributed by atoms with Gasteiger partial charge in [-0.15, -0.1) is 11.3 Å². The SMILES string of the molecule is N#Cc1cccc(C(=O)NCc2ccc(Br)s2)c1. The van der Waals surface area contributed by atoms with Gasteiger partial charge in [0.1, 0.15) is 0 Å². The van der Waals surface area contributed by atoms with E-state index in [9.17, 15) is 4.79 Å². The summed E-state index contributed by atoms with van der Waals surface area (Å²) in [6.07, 6.45) is 0. The average Bonchev–Trinajstić information content (AvgIpc) is 2.82. The number of nitriles is 1. The fourth-order valence-corrected chi connectivity index (χ4v) is 2.87. The lowest BCUT2D eigenvalue weighted by Gasteiger charge is -2.03. The number of carbonyl (C=O) groups excluding carboxylic acids is 1. The zero-order chi connectivity index (χ0) is 13.0. The number of hydrogen-bond acceptors (Lipinski definition) is 3. The Morgan fingerprint density at radius 1 is 1.39 bits per heavy atom. The van der Waals surface area contributed by atoms with E-state index >= 15 is 0 Å². The molecule has 0 aliphatic heterocycles. The van der Waals surface area contributed by atoms with Gasteiger partial charge in [-0.2, -0.15) is 5.26 Å². The summed E-state index contributed by atoms with van der Waals surface area (Å²) in [5.74, 6) is -0.170. The fraction of sp³-hybridized carbons (Fsp3) is 0.0769. The highest BCUT2D eigenvalue weighted by molar-refractivity contribution is 9.11. The van der Waals surface area contributed by atoms with Crippen molar-refractivity contribution >= 4 is 33.2 Å². The van der Waals surface area contributed by atoms with Gasteiger partial charge >= 0.3 is 0 Å². The van der Waals surface area contributed by atoms with Gasteiger partial charge in [0, 0.05) is 10.4 Å². The van der Waals surface area contributed by atoms with Gasteiger partial charge in [-0.05, 0) is 46.3 Å². The number of thiophene rings is 1. The highest BCUT2D eigenvalue weighted by Gasteiger charge is 2.06. The summed E-state index contributed by atoms with van der Waals surface area (Å²) in [5.41, 5.74) is 0.992. The predicted octanol–water partition coefficient (Wildman–Crippen LogP) is 3.31. The van der Waals surface area contributed by atoms with E-state index in [-0.39, 0.29) is 5.91 Å². The molecule has 0 fully saturated rings. The third kappa shape index (κ3) is 3.19. The van der Waals surface area contributed by atoms with Crippen molar-refractivity contribution in [3.8, 4) is 6.07 Å². The van der Waals surface area contributed by atoms with Crippen LogP contribution in [0.25, 0.3) is 0 Å². The van der Waals surface area contributed by atoms with Crippen LogP contribution in [0.1, 0.15) is 20.8 Å². The highest BCUT2D eigenvalue weighted by atomic mass is 79.9. The molecule has 90 valence electrons. The number of rotatable bonds is 3. The van der Waals surface area contributed by atoms with E-state index in [0.717, 1.165) is 8.66 Å². The maximum absolute atomic E-state index is 11.9. The first-order valence-corrected chi connectivity index (χ1v) is 6.82. The molecule has 0 bridgehead atoms. The first-order valence-electron chi connectivity index (χ1n) is 5.21. The molecule has 1 N–H and O–H groups in total. The third-order valence-electron chi connectivity index (χ3n) is 2.31. The Bertz CT molecular complexity index is 615. The molecule has 0 unspecified atom stereocenters. The first-order chi connectivity index (χ1) is 8.69. The molecule has 0 saturated carbocycles. The van der Waals surface area contributed by atoms with E-state index in [2.05, 4.69) is 21.2 Å². The van der Waals surface area contributed by atoms with E-state index in [1.165, 1.54) is 0 Å². The van der Waals surface area contributed by atoms with Crippen molar-refractivity contribution < 1.29 is 4.79 Å². The summed E-state index contributed by atoms with van der Waals surface area (Å²) in [6.45, 7) is 0.492. The largest absolute Gasteiger partial charge is 0.347 e. The molecular weight excluding hydrogens is 312 g/mol. The smallest absolute Gasteiger partial charge is 0.251 e. The summed E-state index contributed by atoms with van der Waals surface area (Å²) >= 11 is 4.95. The summed E-state index contributed by atoms with van der Waals surface area (Å²) in [7, 11) is 0. The molecule has 5 heteroatoms. The molecule has 0 radical (unpaired) electrons. The molecule has 1 amide bonds. The number of carbonyl (C=O) groups is 1. The van der Waals surface area contributed by atoms with Crippen LogP contribution in [0.4, 0.5) is 0 Å². The topological polar surface area (TPSA) is 52.9 Å². The third-order valence-corrected chi connectivity index (χ3v) is 3.93. The van der Waals surface area contributed by atoms with Crippen molar-refractivity contribution in [2.45, 2.75) is 6.54 Å². The molecule has 1 aromatic carbocycles. The number of nitrogens with zero attached hydrogens (tertiary/aromatic N) is 1. The Hall–Kier alpha value is -1.64. The fourth-order valence-electron chi connectivity index (χ4n) is 1.45. The number of halogens is 1. The highest BCUT2D eigenvalue weighted by Crippen LogP contribution is 2.21. The first kappa shape index (κ1) is 12.8. The Labute approximate surface area is 117 Å². The van der Waals surface area contributed by atoms with Crippen LogP contribution >= 0.6 is 27.3 Å². The van der Waals surface area contributed by atoms with Crippen LogP contribution in [0.3, 0.4) is 0 Å². The summed E-state index contributed by atoms with van der Waals surface area (Å²) in [5, 5.41) is 11.6. The molecule has 18 heavy (non-hydrogen) atoms. The summed E-state index contributed by atoms with van der Waals surface area (Å²) in [6, 6.07) is 12.6. The van der Waals surface area contributed by atoms with Gasteiger partial charge in [-0.1, -0.05) is 6.07 Å². The zero-order valence-corrected chi connectivity index (χ0v) is 11.7. The second-order valence-corrected chi connectivity index (χ2v) is 6.13. The molecule has 0 spiro atoms. The van der Waals surface area contributed by atoms with Crippen LogP contribution in [-0.2, 0) is 6.54 Å². The van der Waals surface area contributed by atoms with E-state index in [4.69, 9.17) is 5.26 Å². The number of hydrogen-bond donors (Lipinski definition) is 1. The Morgan fingerprint density at radius 3 is 2.89 bits per heavy atom. The minimum atomic E-state index is -0.170. The molecule has 1 heterocycles. The quantitative estimate of drug-likeness (QED) is 0.943. The van der Waals surface area contributed by atoms with Crippen LogP contribution in [-0.4, -0.2) is 5.91 Å². The number of nitrogens with one attached hydrogen (secondary N) is 1. The van der Waals surface area contributed by atoms with Gasteiger partial charge in [0.25, 0.3) is 5.91 Å². The maximum atomic E-state index is 11.9. The van der Waals surface area contributed by atoms with Crippen LogP contribution in [0.2, 0.25) is 0 Å². The van der Waals surface area contributed by atoms with Crippen LogP contribution in [0.15, 0.2) is 40.2 Å². The molecule has 0 saturated heterocycles. The van der Waals surface area contributed by atoms with Crippen LogP contribution < -0.4 is 5.32 Å². The molecule has 0 aliphatic carbocycles. The Morgan fingerprint density at radius 2 is 2.22 bits per heavy atom. The van der Waals surface area contributed by atoms with Crippen molar-refractivity contribution in [1.82, 2.24) is 5.32 Å². The lowest BCUT2D eigenvalue weighted by molar-refractivity contribution is 0.0951. The second kappa shape index (κ2) is 5.80. The van der Waals surface area contributed by atoms with E-state index in [1.807, 2.05) is 18.2 Å². The zero-order valence-electron chi connectivity index (χ0n) is 9.31. The standard InChI is InChI=1S/C13H9BrN2OS/c14-12-5-4-11(18-12)8-16-13(17)10-3-1-2-9(6-10)7-15/h1-6H,8H2,(H,16,17). The van der Waals surface area contributed by atoms with Crippen LogP contribution in [0, 0.1) is 11.3 Å². The van der Waals surface area contributed by atoms with Gasteiger partial charge in [0.15, 0.2) is 0 Å². The maximum Gasteiger partial charge on any atom is 0.251 e. The molecular formula is C13H9BrN2OS. The van der Waals surface area contributed by atoms with E-state index < -0.39 is 0 Å².